The molecule has 0 radical (unpaired) electrons. The van der Waals surface area contributed by atoms with Gasteiger partial charge in [0.15, 0.2) is 0 Å². The number of hydrogen-bond acceptors (Lipinski definition) is 3. The molecule has 1 saturated heterocycles. The summed E-state index contributed by atoms with van der Waals surface area (Å²) in [6.45, 7) is -2.66. The largest absolute Gasteiger partial charge is 0.480 e. The Morgan fingerprint density at radius 2 is 2.33 bits per heavy atom. The van der Waals surface area contributed by atoms with Crippen LogP contribution in [0.2, 0.25) is 0 Å². The van der Waals surface area contributed by atoms with Gasteiger partial charge in [-0.3, -0.25) is 4.79 Å². The van der Waals surface area contributed by atoms with E-state index in [0.29, 0.717) is 0 Å². The Bertz CT molecular complexity index is 176. The van der Waals surface area contributed by atoms with Gasteiger partial charge in [-0.15, -0.1) is 0 Å². The zero-order chi connectivity index (χ0) is 9.14. The molecule has 0 amide bonds. The molecule has 2 N–H and O–H groups in total. The molecular formula is C6H9F2NO3. The first-order valence-electron chi connectivity index (χ1n) is 3.49. The van der Waals surface area contributed by atoms with Gasteiger partial charge in [0.1, 0.15) is 6.04 Å². The van der Waals surface area contributed by atoms with Gasteiger partial charge < -0.3 is 15.2 Å². The first-order chi connectivity index (χ1) is 5.59. The smallest absolute Gasteiger partial charge is 0.345 e. The molecule has 1 aliphatic heterocycles. The van der Waals surface area contributed by atoms with E-state index in [2.05, 4.69) is 10.1 Å². The van der Waals surface area contributed by atoms with E-state index in [4.69, 9.17) is 5.11 Å². The third kappa shape index (κ3) is 2.38. The Morgan fingerprint density at radius 3 is 2.75 bits per heavy atom. The van der Waals surface area contributed by atoms with Gasteiger partial charge in [0, 0.05) is 13.0 Å². The lowest BCUT2D eigenvalue weighted by Crippen LogP contribution is -2.30. The monoisotopic (exact) mass is 181 g/mol. The highest BCUT2D eigenvalue weighted by molar-refractivity contribution is 5.73. The number of ether oxygens (including phenoxy) is 1. The SMILES string of the molecule is O=C(O)[C@H]1C[C@H](OC(F)F)CN1. The maximum absolute atomic E-state index is 11.6. The Balaban J connectivity index is 2.30. The molecule has 70 valence electrons. The summed E-state index contributed by atoms with van der Waals surface area (Å²) in [5, 5.41) is 11.0. The maximum atomic E-state index is 11.6. The minimum atomic E-state index is -2.83. The summed E-state index contributed by atoms with van der Waals surface area (Å²) < 4.78 is 27.4. The zero-order valence-electron chi connectivity index (χ0n) is 6.17. The second-order valence-electron chi connectivity index (χ2n) is 2.55. The summed E-state index contributed by atoms with van der Waals surface area (Å²) in [6, 6.07) is -0.756. The average Bonchev–Trinajstić information content (AvgIpc) is 2.34. The third-order valence-corrected chi connectivity index (χ3v) is 1.68. The highest BCUT2D eigenvalue weighted by atomic mass is 19.3. The van der Waals surface area contributed by atoms with Gasteiger partial charge in [0.05, 0.1) is 6.10 Å². The molecule has 4 nitrogen and oxygen atoms in total. The fraction of sp³-hybridized carbons (Fsp3) is 0.833. The Labute approximate surface area is 67.5 Å². The van der Waals surface area contributed by atoms with E-state index in [1.54, 1.807) is 0 Å². The number of rotatable bonds is 3. The first kappa shape index (κ1) is 9.34. The number of hydrogen-bond donors (Lipinski definition) is 2. The molecule has 1 aliphatic rings. The lowest BCUT2D eigenvalue weighted by Gasteiger charge is -2.08. The fourth-order valence-corrected chi connectivity index (χ4v) is 1.14. The van der Waals surface area contributed by atoms with Gasteiger partial charge in [0.2, 0.25) is 0 Å². The van der Waals surface area contributed by atoms with Crippen LogP contribution in [0.5, 0.6) is 0 Å². The first-order valence-corrected chi connectivity index (χ1v) is 3.49. The third-order valence-electron chi connectivity index (χ3n) is 1.68. The lowest BCUT2D eigenvalue weighted by atomic mass is 10.2. The summed E-state index contributed by atoms with van der Waals surface area (Å²) in [5.74, 6) is -1.03. The molecule has 0 spiro atoms. The number of carboxylic acid groups (broad SMARTS) is 1. The van der Waals surface area contributed by atoms with Crippen LogP contribution in [0.4, 0.5) is 8.78 Å². The molecule has 0 saturated carbocycles. The van der Waals surface area contributed by atoms with Crippen LogP contribution in [-0.4, -0.2) is 36.4 Å². The molecule has 0 aromatic heterocycles. The van der Waals surface area contributed by atoms with Crippen molar-refractivity contribution in [3.05, 3.63) is 0 Å². The molecule has 0 bridgehead atoms. The Kier molecular flexibility index (Phi) is 2.93. The van der Waals surface area contributed by atoms with Gasteiger partial charge in [-0.05, 0) is 0 Å². The van der Waals surface area contributed by atoms with Crippen molar-refractivity contribution in [1.82, 2.24) is 5.32 Å². The standard InChI is InChI=1S/C6H9F2NO3/c7-6(8)12-3-1-4(5(10)11)9-2-3/h3-4,6,9H,1-2H2,(H,10,11)/t3-,4+/m0/s1. The minimum absolute atomic E-state index is 0.0969. The van der Waals surface area contributed by atoms with Gasteiger partial charge in [-0.1, -0.05) is 0 Å². The van der Waals surface area contributed by atoms with Crippen LogP contribution < -0.4 is 5.32 Å². The topological polar surface area (TPSA) is 58.6 Å². The van der Waals surface area contributed by atoms with Crippen molar-refractivity contribution in [2.75, 3.05) is 6.54 Å². The highest BCUT2D eigenvalue weighted by Gasteiger charge is 2.31. The lowest BCUT2D eigenvalue weighted by molar-refractivity contribution is -0.159. The molecule has 0 unspecified atom stereocenters. The second kappa shape index (κ2) is 3.77. The van der Waals surface area contributed by atoms with E-state index in [0.717, 1.165) is 0 Å². The summed E-state index contributed by atoms with van der Waals surface area (Å²) in [6.07, 6.45) is -0.592. The van der Waals surface area contributed by atoms with E-state index < -0.39 is 24.7 Å². The second-order valence-corrected chi connectivity index (χ2v) is 2.55. The molecule has 0 aliphatic carbocycles. The Hall–Kier alpha value is -0.750. The normalized spacial score (nSPS) is 29.6. The van der Waals surface area contributed by atoms with Crippen molar-refractivity contribution in [1.29, 1.82) is 0 Å². The van der Waals surface area contributed by atoms with Gasteiger partial charge >= 0.3 is 12.6 Å². The number of aliphatic carboxylic acids is 1. The summed E-state index contributed by atoms with van der Waals surface area (Å²) >= 11 is 0. The van der Waals surface area contributed by atoms with E-state index >= 15 is 0 Å². The van der Waals surface area contributed by atoms with E-state index in [1.165, 1.54) is 0 Å². The van der Waals surface area contributed by atoms with Crippen LogP contribution in [0.3, 0.4) is 0 Å². The molecule has 0 aromatic carbocycles. The van der Waals surface area contributed by atoms with Crippen LogP contribution >= 0.6 is 0 Å². The number of alkyl halides is 2. The number of carboxylic acids is 1. The van der Waals surface area contributed by atoms with Crippen molar-refractivity contribution in [2.45, 2.75) is 25.2 Å². The van der Waals surface area contributed by atoms with Crippen molar-refractivity contribution in [3.8, 4) is 0 Å². The summed E-state index contributed by atoms with van der Waals surface area (Å²) in [7, 11) is 0. The van der Waals surface area contributed by atoms with Crippen molar-refractivity contribution in [3.63, 3.8) is 0 Å². The number of halogens is 2. The average molecular weight is 181 g/mol. The van der Waals surface area contributed by atoms with E-state index in [9.17, 15) is 13.6 Å². The van der Waals surface area contributed by atoms with Crippen LogP contribution in [0, 0.1) is 0 Å². The minimum Gasteiger partial charge on any atom is -0.480 e. The van der Waals surface area contributed by atoms with Crippen molar-refractivity contribution in [2.24, 2.45) is 0 Å². The van der Waals surface area contributed by atoms with Gasteiger partial charge in [-0.2, -0.15) is 8.78 Å². The Morgan fingerprint density at radius 1 is 1.67 bits per heavy atom. The summed E-state index contributed by atoms with van der Waals surface area (Å²) in [4.78, 5) is 10.3. The summed E-state index contributed by atoms with van der Waals surface area (Å²) in [5.41, 5.74) is 0. The van der Waals surface area contributed by atoms with Gasteiger partial charge in [-0.25, -0.2) is 0 Å². The molecule has 1 fully saturated rings. The molecule has 12 heavy (non-hydrogen) atoms. The number of carbonyl (C=O) groups is 1. The van der Waals surface area contributed by atoms with E-state index in [-0.39, 0.29) is 13.0 Å². The van der Waals surface area contributed by atoms with Gasteiger partial charge in [0.25, 0.3) is 0 Å². The molecule has 1 heterocycles. The molecule has 2 atom stereocenters. The van der Waals surface area contributed by atoms with Crippen LogP contribution in [-0.2, 0) is 9.53 Å². The molecular weight excluding hydrogens is 172 g/mol. The van der Waals surface area contributed by atoms with Crippen molar-refractivity contribution >= 4 is 5.97 Å². The van der Waals surface area contributed by atoms with Crippen LogP contribution in [0.15, 0.2) is 0 Å². The van der Waals surface area contributed by atoms with Crippen LogP contribution in [0.25, 0.3) is 0 Å². The molecule has 6 heteroatoms. The predicted molar refractivity (Wildman–Crippen MR) is 34.9 cm³/mol. The quantitative estimate of drug-likeness (QED) is 0.645. The zero-order valence-corrected chi connectivity index (χ0v) is 6.17. The molecule has 1 rings (SSSR count). The number of nitrogens with one attached hydrogen (secondary N) is 1. The maximum Gasteiger partial charge on any atom is 0.345 e. The molecule has 0 aromatic rings. The highest BCUT2D eigenvalue weighted by Crippen LogP contribution is 2.13. The predicted octanol–water partition coefficient (Wildman–Crippen LogP) is 0.0407. The van der Waals surface area contributed by atoms with Crippen molar-refractivity contribution < 1.29 is 23.4 Å². The fourth-order valence-electron chi connectivity index (χ4n) is 1.14. The van der Waals surface area contributed by atoms with E-state index in [1.807, 2.05) is 0 Å². The van der Waals surface area contributed by atoms with Crippen LogP contribution in [0.1, 0.15) is 6.42 Å².